The van der Waals surface area contributed by atoms with Gasteiger partial charge in [-0.25, -0.2) is 4.39 Å². The molecule has 0 spiro atoms. The molecule has 1 unspecified atom stereocenters. The fourth-order valence-corrected chi connectivity index (χ4v) is 2.67. The van der Waals surface area contributed by atoms with E-state index < -0.39 is 11.9 Å². The molecule has 0 fully saturated rings. The number of benzene rings is 2. The summed E-state index contributed by atoms with van der Waals surface area (Å²) in [5, 5.41) is 2.57. The highest BCUT2D eigenvalue weighted by Crippen LogP contribution is 2.16. The normalized spacial score (nSPS) is 11.7. The first kappa shape index (κ1) is 18.6. The van der Waals surface area contributed by atoms with Crippen LogP contribution in [-0.2, 0) is 22.6 Å². The van der Waals surface area contributed by atoms with Crippen LogP contribution in [0.5, 0.6) is 0 Å². The van der Waals surface area contributed by atoms with Gasteiger partial charge in [-0.2, -0.15) is 0 Å². The van der Waals surface area contributed by atoms with Gasteiger partial charge in [0.05, 0.1) is 6.42 Å². The van der Waals surface area contributed by atoms with Gasteiger partial charge in [-0.15, -0.1) is 0 Å². The van der Waals surface area contributed by atoms with Crippen LogP contribution >= 0.6 is 0 Å². The van der Waals surface area contributed by atoms with Gasteiger partial charge in [0.15, 0.2) is 0 Å². The Labute approximate surface area is 147 Å². The molecule has 0 saturated heterocycles. The van der Waals surface area contributed by atoms with E-state index in [9.17, 15) is 14.0 Å². The maximum Gasteiger partial charge on any atom is 0.242 e. The molecule has 4 nitrogen and oxygen atoms in total. The average molecular weight is 342 g/mol. The van der Waals surface area contributed by atoms with Gasteiger partial charge in [0, 0.05) is 13.6 Å². The Hall–Kier alpha value is -2.69. The lowest BCUT2D eigenvalue weighted by atomic mass is 10.1. The lowest BCUT2D eigenvalue weighted by Crippen LogP contribution is -2.47. The summed E-state index contributed by atoms with van der Waals surface area (Å²) in [6.45, 7) is 3.93. The zero-order valence-corrected chi connectivity index (χ0v) is 14.8. The zero-order valence-electron chi connectivity index (χ0n) is 14.8. The van der Waals surface area contributed by atoms with Gasteiger partial charge in [0.1, 0.15) is 11.9 Å². The number of carbonyl (C=O) groups is 2. The number of aryl methyl sites for hydroxylation is 1. The molecule has 2 amide bonds. The van der Waals surface area contributed by atoms with Crippen molar-refractivity contribution in [2.75, 3.05) is 7.05 Å². The average Bonchev–Trinajstić information content (AvgIpc) is 2.61. The molecule has 0 bridgehead atoms. The minimum atomic E-state index is -0.649. The van der Waals surface area contributed by atoms with E-state index in [1.807, 2.05) is 31.2 Å². The number of nitrogens with zero attached hydrogens (tertiary/aromatic N) is 1. The molecule has 0 radical (unpaired) electrons. The Balaban J connectivity index is 2.27. The van der Waals surface area contributed by atoms with Gasteiger partial charge in [0.2, 0.25) is 11.8 Å². The van der Waals surface area contributed by atoms with Crippen LogP contribution in [0.25, 0.3) is 0 Å². The molecule has 0 aliphatic heterocycles. The maximum atomic E-state index is 13.9. The SMILES string of the molecule is CNC(=O)C(C)N(Cc1ccccc1C)C(=O)Cc1ccccc1F. The van der Waals surface area contributed by atoms with E-state index >= 15 is 0 Å². The number of nitrogens with one attached hydrogen (secondary N) is 1. The summed E-state index contributed by atoms with van der Waals surface area (Å²) in [5.74, 6) is -0.959. The van der Waals surface area contributed by atoms with Gasteiger partial charge in [-0.1, -0.05) is 42.5 Å². The van der Waals surface area contributed by atoms with Gasteiger partial charge in [-0.05, 0) is 36.6 Å². The standard InChI is InChI=1S/C20H23FN2O2/c1-14-8-4-5-10-17(14)13-23(15(2)20(25)22-3)19(24)12-16-9-6-7-11-18(16)21/h4-11,15H,12-13H2,1-3H3,(H,22,25). The number of hydrogen-bond acceptors (Lipinski definition) is 2. The highest BCUT2D eigenvalue weighted by molar-refractivity contribution is 5.88. The number of carbonyl (C=O) groups excluding carboxylic acids is 2. The van der Waals surface area contributed by atoms with E-state index in [-0.39, 0.29) is 18.2 Å². The molecule has 0 heterocycles. The molecule has 2 rings (SSSR count). The molecule has 25 heavy (non-hydrogen) atoms. The van der Waals surface area contributed by atoms with Crippen molar-refractivity contribution >= 4 is 11.8 Å². The second kappa shape index (κ2) is 8.42. The lowest BCUT2D eigenvalue weighted by molar-refractivity contribution is -0.139. The molecule has 1 atom stereocenters. The quantitative estimate of drug-likeness (QED) is 0.878. The summed E-state index contributed by atoms with van der Waals surface area (Å²) in [7, 11) is 1.53. The summed E-state index contributed by atoms with van der Waals surface area (Å²) < 4.78 is 13.9. The Morgan fingerprint density at radius 3 is 2.28 bits per heavy atom. The highest BCUT2D eigenvalue weighted by Gasteiger charge is 2.26. The van der Waals surface area contributed by atoms with Crippen LogP contribution in [-0.4, -0.2) is 29.8 Å². The molecule has 0 saturated carbocycles. The first-order valence-corrected chi connectivity index (χ1v) is 8.23. The summed E-state index contributed by atoms with van der Waals surface area (Å²) in [4.78, 5) is 26.4. The first-order valence-electron chi connectivity index (χ1n) is 8.23. The highest BCUT2D eigenvalue weighted by atomic mass is 19.1. The monoisotopic (exact) mass is 342 g/mol. The summed E-state index contributed by atoms with van der Waals surface area (Å²) in [6.07, 6.45) is -0.0834. The number of likely N-dealkylation sites (N-methyl/N-ethyl adjacent to an activating group) is 1. The molecule has 1 N–H and O–H groups in total. The minimum Gasteiger partial charge on any atom is -0.357 e. The Morgan fingerprint density at radius 2 is 1.68 bits per heavy atom. The minimum absolute atomic E-state index is 0.0834. The number of amides is 2. The van der Waals surface area contributed by atoms with Crippen LogP contribution < -0.4 is 5.32 Å². The van der Waals surface area contributed by atoms with E-state index in [4.69, 9.17) is 0 Å². The van der Waals surface area contributed by atoms with E-state index in [1.54, 1.807) is 25.1 Å². The molecule has 0 aliphatic carbocycles. The van der Waals surface area contributed by atoms with Crippen molar-refractivity contribution in [3.05, 3.63) is 71.0 Å². The Kier molecular flexibility index (Phi) is 6.28. The van der Waals surface area contributed by atoms with Crippen molar-refractivity contribution < 1.29 is 14.0 Å². The van der Waals surface area contributed by atoms with Gasteiger partial charge in [0.25, 0.3) is 0 Å². The van der Waals surface area contributed by atoms with Crippen molar-refractivity contribution in [1.29, 1.82) is 0 Å². The van der Waals surface area contributed by atoms with E-state index in [1.165, 1.54) is 18.0 Å². The topological polar surface area (TPSA) is 49.4 Å². The molecule has 0 aromatic heterocycles. The maximum absolute atomic E-state index is 13.9. The van der Waals surface area contributed by atoms with E-state index in [0.717, 1.165) is 11.1 Å². The van der Waals surface area contributed by atoms with E-state index in [0.29, 0.717) is 12.1 Å². The lowest BCUT2D eigenvalue weighted by Gasteiger charge is -2.29. The third kappa shape index (κ3) is 4.66. The summed E-state index contributed by atoms with van der Waals surface area (Å²) >= 11 is 0. The fourth-order valence-electron chi connectivity index (χ4n) is 2.67. The van der Waals surface area contributed by atoms with Gasteiger partial charge >= 0.3 is 0 Å². The second-order valence-electron chi connectivity index (χ2n) is 6.01. The van der Waals surface area contributed by atoms with Crippen LogP contribution in [0.2, 0.25) is 0 Å². The van der Waals surface area contributed by atoms with Crippen molar-refractivity contribution in [2.24, 2.45) is 0 Å². The van der Waals surface area contributed by atoms with Crippen LogP contribution in [0.3, 0.4) is 0 Å². The number of rotatable bonds is 6. The first-order chi connectivity index (χ1) is 11.9. The smallest absolute Gasteiger partial charge is 0.242 e. The Morgan fingerprint density at radius 1 is 1.08 bits per heavy atom. The largest absolute Gasteiger partial charge is 0.357 e. The molecule has 2 aromatic rings. The van der Waals surface area contributed by atoms with Crippen LogP contribution in [0.4, 0.5) is 4.39 Å². The third-order valence-corrected chi connectivity index (χ3v) is 4.32. The zero-order chi connectivity index (χ0) is 18.4. The summed E-state index contributed by atoms with van der Waals surface area (Å²) in [6, 6.07) is 13.2. The third-order valence-electron chi connectivity index (χ3n) is 4.32. The van der Waals surface area contributed by atoms with Gasteiger partial charge < -0.3 is 10.2 Å². The summed E-state index contributed by atoms with van der Waals surface area (Å²) in [5.41, 5.74) is 2.32. The van der Waals surface area contributed by atoms with Crippen LogP contribution in [0.1, 0.15) is 23.6 Å². The number of hydrogen-bond donors (Lipinski definition) is 1. The van der Waals surface area contributed by atoms with Crippen molar-refractivity contribution in [2.45, 2.75) is 32.9 Å². The fraction of sp³-hybridized carbons (Fsp3) is 0.300. The molecular weight excluding hydrogens is 319 g/mol. The van der Waals surface area contributed by atoms with Crippen molar-refractivity contribution in [3.8, 4) is 0 Å². The predicted octanol–water partition coefficient (Wildman–Crippen LogP) is 2.84. The van der Waals surface area contributed by atoms with Crippen LogP contribution in [0, 0.1) is 12.7 Å². The molecule has 132 valence electrons. The molecular formula is C20H23FN2O2. The van der Waals surface area contributed by atoms with Crippen molar-refractivity contribution in [1.82, 2.24) is 10.2 Å². The van der Waals surface area contributed by atoms with Crippen LogP contribution in [0.15, 0.2) is 48.5 Å². The van der Waals surface area contributed by atoms with Crippen molar-refractivity contribution in [3.63, 3.8) is 0 Å². The number of halogens is 1. The Bertz CT molecular complexity index is 761. The van der Waals surface area contributed by atoms with Gasteiger partial charge in [-0.3, -0.25) is 9.59 Å². The second-order valence-corrected chi connectivity index (χ2v) is 6.01. The molecule has 2 aromatic carbocycles. The molecule has 5 heteroatoms. The molecule has 0 aliphatic rings. The van der Waals surface area contributed by atoms with E-state index in [2.05, 4.69) is 5.32 Å². The predicted molar refractivity (Wildman–Crippen MR) is 95.4 cm³/mol.